The first-order valence-corrected chi connectivity index (χ1v) is 16.4. The lowest BCUT2D eigenvalue weighted by molar-refractivity contribution is -0.136. The number of benzene rings is 1. The molecule has 1 N–H and O–H groups in total. The molecule has 3 aliphatic heterocycles. The molecule has 1 aromatic carbocycles. The maximum absolute atomic E-state index is 13.7. The first kappa shape index (κ1) is 32.0. The van der Waals surface area contributed by atoms with Crippen molar-refractivity contribution < 1.29 is 19.1 Å². The van der Waals surface area contributed by atoms with Crippen molar-refractivity contribution in [2.75, 3.05) is 46.0 Å². The number of carbonyl (C=O) groups excluding carboxylic acids is 2. The van der Waals surface area contributed by atoms with Crippen molar-refractivity contribution in [3.8, 4) is 0 Å². The molecule has 1 fully saturated rings. The molecular formula is C32H41BrClN5O4. The molecule has 0 saturated carbocycles. The van der Waals surface area contributed by atoms with Crippen molar-refractivity contribution in [1.29, 1.82) is 0 Å². The average molecular weight is 675 g/mol. The fraction of sp³-hybridized carbons (Fsp3) is 0.562. The van der Waals surface area contributed by atoms with Gasteiger partial charge in [0.1, 0.15) is 5.17 Å². The van der Waals surface area contributed by atoms with E-state index >= 15 is 0 Å². The molecular weight excluding hydrogens is 634 g/mol. The van der Waals surface area contributed by atoms with Gasteiger partial charge in [0.15, 0.2) is 0 Å². The largest absolute Gasteiger partial charge is 0.379 e. The van der Waals surface area contributed by atoms with Crippen LogP contribution in [0.1, 0.15) is 57.9 Å². The third kappa shape index (κ3) is 7.84. The maximum Gasteiger partial charge on any atom is 0.243 e. The summed E-state index contributed by atoms with van der Waals surface area (Å²) in [6, 6.07) is 7.59. The fourth-order valence-corrected chi connectivity index (χ4v) is 6.68. The van der Waals surface area contributed by atoms with E-state index in [0.29, 0.717) is 37.6 Å². The van der Waals surface area contributed by atoms with Crippen molar-refractivity contribution in [2.24, 2.45) is 15.5 Å². The Balaban J connectivity index is 1.25. The van der Waals surface area contributed by atoms with Gasteiger partial charge in [-0.2, -0.15) is 5.10 Å². The number of amides is 2. The number of hydrogen-bond acceptors (Lipinski definition) is 7. The monoisotopic (exact) mass is 673 g/mol. The highest BCUT2D eigenvalue weighted by molar-refractivity contribution is 9.10. The number of hydrogen-bond donors (Lipinski definition) is 1. The number of morpholine rings is 1. The van der Waals surface area contributed by atoms with Crippen molar-refractivity contribution in [3.05, 3.63) is 57.7 Å². The predicted octanol–water partition coefficient (Wildman–Crippen LogP) is 5.04. The van der Waals surface area contributed by atoms with E-state index in [2.05, 4.69) is 45.2 Å². The number of carbonyl (C=O) groups is 2. The standard InChI is InChI=1S/C32H41BrClN5O4/c1-3-43-25-10-7-23-21-32(2,31(34)36-26(23)19-25)28-20-27(22-5-8-24(33)9-6-22)37-39(28)30(41)12-11-29(40)35-13-4-14-38-15-17-42-18-16-38/h5-10,25,28H,3-4,11-21H2,1-2H3,(H,35,40). The quantitative estimate of drug-likeness (QED) is 0.332. The molecule has 3 unspecified atom stereocenters. The minimum Gasteiger partial charge on any atom is -0.379 e. The molecule has 11 heteroatoms. The molecule has 3 atom stereocenters. The third-order valence-electron chi connectivity index (χ3n) is 8.64. The zero-order valence-electron chi connectivity index (χ0n) is 25.0. The second kappa shape index (κ2) is 14.6. The first-order chi connectivity index (χ1) is 20.8. The highest BCUT2D eigenvalue weighted by Crippen LogP contribution is 2.46. The molecule has 3 heterocycles. The van der Waals surface area contributed by atoms with Gasteiger partial charge < -0.3 is 14.8 Å². The lowest BCUT2D eigenvalue weighted by Crippen LogP contribution is -2.49. The van der Waals surface area contributed by atoms with E-state index in [1.165, 1.54) is 0 Å². The Morgan fingerprint density at radius 2 is 1.95 bits per heavy atom. The molecule has 1 aromatic rings. The zero-order valence-corrected chi connectivity index (χ0v) is 27.3. The Labute approximate surface area is 267 Å². The number of nitrogens with one attached hydrogen (secondary N) is 1. The van der Waals surface area contributed by atoms with E-state index in [-0.39, 0.29) is 36.8 Å². The molecule has 0 bridgehead atoms. The number of halogens is 2. The SMILES string of the molecule is CCOC1C=CC2=C(C1)N=C(Cl)C(C)(C1CC(c3ccc(Br)cc3)=NN1C(=O)CCC(=O)NCCCN1CCOCC1)C2. The summed E-state index contributed by atoms with van der Waals surface area (Å²) in [5, 5.41) is 9.86. The second-order valence-corrected chi connectivity index (χ2v) is 13.0. The number of aliphatic imine (C=N–C) groups is 1. The summed E-state index contributed by atoms with van der Waals surface area (Å²) in [6.45, 7) is 9.57. The Kier molecular flexibility index (Phi) is 10.9. The van der Waals surface area contributed by atoms with Crippen LogP contribution in [0.15, 0.2) is 62.3 Å². The molecule has 1 aliphatic carbocycles. The summed E-state index contributed by atoms with van der Waals surface area (Å²) in [4.78, 5) is 33.5. The normalized spacial score (nSPS) is 25.8. The summed E-state index contributed by atoms with van der Waals surface area (Å²) in [5.41, 5.74) is 3.19. The number of nitrogens with zero attached hydrogens (tertiary/aromatic N) is 4. The van der Waals surface area contributed by atoms with Gasteiger partial charge in [-0.25, -0.2) is 10.0 Å². The second-order valence-electron chi connectivity index (χ2n) is 11.7. The van der Waals surface area contributed by atoms with Crippen LogP contribution in [0.25, 0.3) is 0 Å². The van der Waals surface area contributed by atoms with Crippen LogP contribution in [-0.2, 0) is 19.1 Å². The van der Waals surface area contributed by atoms with Crippen LogP contribution in [0.2, 0.25) is 0 Å². The molecule has 0 spiro atoms. The van der Waals surface area contributed by atoms with Crippen LogP contribution in [0.5, 0.6) is 0 Å². The molecule has 43 heavy (non-hydrogen) atoms. The lowest BCUT2D eigenvalue weighted by Gasteiger charge is -2.41. The molecule has 232 valence electrons. The average Bonchev–Trinajstić information content (AvgIpc) is 3.46. The highest BCUT2D eigenvalue weighted by atomic mass is 79.9. The van der Waals surface area contributed by atoms with Gasteiger partial charge in [-0.15, -0.1) is 0 Å². The van der Waals surface area contributed by atoms with Crippen molar-refractivity contribution in [1.82, 2.24) is 15.2 Å². The maximum atomic E-state index is 13.7. The number of hydrazone groups is 1. The lowest BCUT2D eigenvalue weighted by atomic mass is 9.72. The molecule has 5 rings (SSSR count). The Morgan fingerprint density at radius 3 is 2.70 bits per heavy atom. The van der Waals surface area contributed by atoms with Crippen molar-refractivity contribution in [2.45, 2.75) is 64.5 Å². The summed E-state index contributed by atoms with van der Waals surface area (Å²) >= 11 is 10.5. The van der Waals surface area contributed by atoms with Crippen LogP contribution < -0.4 is 5.32 Å². The summed E-state index contributed by atoms with van der Waals surface area (Å²) in [5.74, 6) is -0.320. The van der Waals surface area contributed by atoms with E-state index in [9.17, 15) is 9.59 Å². The van der Waals surface area contributed by atoms with Gasteiger partial charge in [0, 0.05) is 67.5 Å². The van der Waals surface area contributed by atoms with Crippen molar-refractivity contribution in [3.63, 3.8) is 0 Å². The highest BCUT2D eigenvalue weighted by Gasteiger charge is 2.49. The molecule has 1 saturated heterocycles. The molecule has 0 aromatic heterocycles. The van der Waals surface area contributed by atoms with Crippen LogP contribution in [0.3, 0.4) is 0 Å². The third-order valence-corrected chi connectivity index (χ3v) is 9.69. The van der Waals surface area contributed by atoms with Gasteiger partial charge in [0.05, 0.1) is 31.1 Å². The van der Waals surface area contributed by atoms with E-state index in [1.807, 2.05) is 31.2 Å². The van der Waals surface area contributed by atoms with E-state index in [4.69, 9.17) is 31.2 Å². The van der Waals surface area contributed by atoms with Gasteiger partial charge in [-0.3, -0.25) is 14.5 Å². The van der Waals surface area contributed by atoms with E-state index in [1.54, 1.807) is 5.01 Å². The van der Waals surface area contributed by atoms with E-state index < -0.39 is 5.41 Å². The van der Waals surface area contributed by atoms with Crippen LogP contribution in [0, 0.1) is 5.41 Å². The van der Waals surface area contributed by atoms with Crippen molar-refractivity contribution >= 4 is 50.2 Å². The number of rotatable bonds is 11. The Bertz CT molecular complexity index is 1310. The summed E-state index contributed by atoms with van der Waals surface area (Å²) in [6.07, 6.45) is 7.06. The Morgan fingerprint density at radius 1 is 1.19 bits per heavy atom. The Hall–Kier alpha value is -2.37. The topological polar surface area (TPSA) is 95.8 Å². The van der Waals surface area contributed by atoms with Gasteiger partial charge in [-0.05, 0) is 49.6 Å². The summed E-state index contributed by atoms with van der Waals surface area (Å²) in [7, 11) is 0. The molecule has 9 nitrogen and oxygen atoms in total. The van der Waals surface area contributed by atoms with Crippen LogP contribution >= 0.6 is 27.5 Å². The fourth-order valence-electron chi connectivity index (χ4n) is 6.12. The van der Waals surface area contributed by atoms with Gasteiger partial charge >= 0.3 is 0 Å². The van der Waals surface area contributed by atoms with Gasteiger partial charge in [0.25, 0.3) is 0 Å². The zero-order chi connectivity index (χ0) is 30.4. The predicted molar refractivity (Wildman–Crippen MR) is 172 cm³/mol. The molecule has 2 amide bonds. The first-order valence-electron chi connectivity index (χ1n) is 15.3. The number of allylic oxidation sites excluding steroid dienone is 2. The van der Waals surface area contributed by atoms with E-state index in [0.717, 1.165) is 66.3 Å². The van der Waals surface area contributed by atoms with Gasteiger partial charge in [-0.1, -0.05) is 58.7 Å². The minimum absolute atomic E-state index is 0.0104. The molecule has 0 radical (unpaired) electrons. The number of ether oxygens (including phenoxy) is 2. The van der Waals surface area contributed by atoms with Crippen LogP contribution in [0.4, 0.5) is 0 Å². The minimum atomic E-state index is -0.638. The smallest absolute Gasteiger partial charge is 0.243 e. The van der Waals surface area contributed by atoms with Gasteiger partial charge in [0.2, 0.25) is 11.8 Å². The van der Waals surface area contributed by atoms with Crippen LogP contribution in [-0.4, -0.2) is 90.8 Å². The molecule has 4 aliphatic rings. The summed E-state index contributed by atoms with van der Waals surface area (Å²) < 4.78 is 12.2.